The van der Waals surface area contributed by atoms with Crippen LogP contribution < -0.4 is 0 Å². The molecule has 1 saturated heterocycles. The molecule has 1 aromatic rings. The van der Waals surface area contributed by atoms with E-state index in [0.717, 1.165) is 18.5 Å². The average Bonchev–Trinajstić information content (AvgIpc) is 2.90. The third kappa shape index (κ3) is 3.44. The van der Waals surface area contributed by atoms with E-state index in [1.807, 2.05) is 6.07 Å². The van der Waals surface area contributed by atoms with Crippen LogP contribution in [0, 0.1) is 0 Å². The number of likely N-dealkylation sites (N-methyl/N-ethyl adjacent to an activating group) is 1. The fourth-order valence-electron chi connectivity index (χ4n) is 2.44. The van der Waals surface area contributed by atoms with Crippen molar-refractivity contribution in [3.63, 3.8) is 0 Å². The van der Waals surface area contributed by atoms with Crippen LogP contribution in [0.5, 0.6) is 0 Å². The van der Waals surface area contributed by atoms with Crippen LogP contribution >= 0.6 is 0 Å². The Balaban J connectivity index is 2.12. The lowest BCUT2D eigenvalue weighted by Gasteiger charge is -2.22. The number of carbonyl (C=O) groups is 3. The largest absolute Gasteiger partial charge is 0.480 e. The number of hydrogen-bond donors (Lipinski definition) is 1. The minimum Gasteiger partial charge on any atom is -0.480 e. The zero-order chi connectivity index (χ0) is 16.3. The van der Waals surface area contributed by atoms with Crippen LogP contribution in [0.2, 0.25) is 0 Å². The van der Waals surface area contributed by atoms with E-state index in [9.17, 15) is 14.4 Å². The summed E-state index contributed by atoms with van der Waals surface area (Å²) in [6.45, 7) is 2.69. The van der Waals surface area contributed by atoms with Crippen molar-refractivity contribution >= 4 is 17.8 Å². The number of carboxylic acids is 1. The Morgan fingerprint density at radius 2 is 2.14 bits per heavy atom. The maximum absolute atomic E-state index is 12.3. The molecule has 1 atom stereocenters. The second-order valence-corrected chi connectivity index (χ2v) is 5.55. The van der Waals surface area contributed by atoms with Gasteiger partial charge in [0.05, 0.1) is 0 Å². The fraction of sp³-hybridized carbons (Fsp3) is 0.438. The first-order chi connectivity index (χ1) is 10.4. The number of hydrogen-bond acceptors (Lipinski definition) is 3. The van der Waals surface area contributed by atoms with E-state index in [4.69, 9.17) is 5.11 Å². The smallest absolute Gasteiger partial charge is 0.326 e. The molecule has 0 unspecified atom stereocenters. The van der Waals surface area contributed by atoms with Gasteiger partial charge < -0.3 is 14.9 Å². The zero-order valence-electron chi connectivity index (χ0n) is 12.8. The van der Waals surface area contributed by atoms with E-state index in [1.165, 1.54) is 18.9 Å². The minimum absolute atomic E-state index is 0.133. The van der Waals surface area contributed by atoms with Gasteiger partial charge in [0.25, 0.3) is 5.91 Å². The predicted octanol–water partition coefficient (Wildman–Crippen LogP) is 1.35. The van der Waals surface area contributed by atoms with Crippen LogP contribution in [-0.2, 0) is 16.1 Å². The van der Waals surface area contributed by atoms with Gasteiger partial charge in [0.2, 0.25) is 5.91 Å². The van der Waals surface area contributed by atoms with Crippen molar-refractivity contribution in [2.24, 2.45) is 0 Å². The van der Waals surface area contributed by atoms with Gasteiger partial charge in [0, 0.05) is 32.1 Å². The van der Waals surface area contributed by atoms with Gasteiger partial charge in [-0.3, -0.25) is 9.59 Å². The van der Waals surface area contributed by atoms with Crippen molar-refractivity contribution in [1.82, 2.24) is 9.80 Å². The molecule has 118 valence electrons. The summed E-state index contributed by atoms with van der Waals surface area (Å²) in [6.07, 6.45) is 1.45. The van der Waals surface area contributed by atoms with E-state index < -0.39 is 12.0 Å². The summed E-state index contributed by atoms with van der Waals surface area (Å²) in [5.41, 5.74) is 1.30. The molecule has 1 N–H and O–H groups in total. The summed E-state index contributed by atoms with van der Waals surface area (Å²) in [6, 6.07) is 6.10. The highest BCUT2D eigenvalue weighted by Crippen LogP contribution is 2.16. The molecular formula is C16H20N2O4. The van der Waals surface area contributed by atoms with Gasteiger partial charge >= 0.3 is 5.97 Å². The average molecular weight is 304 g/mol. The van der Waals surface area contributed by atoms with Gasteiger partial charge in [-0.2, -0.15) is 0 Å². The lowest BCUT2D eigenvalue weighted by molar-refractivity contribution is -0.141. The van der Waals surface area contributed by atoms with Gasteiger partial charge in [-0.25, -0.2) is 4.79 Å². The number of likely N-dealkylation sites (tertiary alicyclic amines) is 1. The number of amides is 2. The molecule has 1 fully saturated rings. The molecule has 22 heavy (non-hydrogen) atoms. The Hall–Kier alpha value is -2.37. The van der Waals surface area contributed by atoms with Crippen LogP contribution in [0.25, 0.3) is 0 Å². The fourth-order valence-corrected chi connectivity index (χ4v) is 2.44. The van der Waals surface area contributed by atoms with Crippen molar-refractivity contribution < 1.29 is 19.5 Å². The Morgan fingerprint density at radius 3 is 2.73 bits per heavy atom. The summed E-state index contributed by atoms with van der Waals surface area (Å²) in [7, 11) is 1.47. The molecule has 0 saturated carbocycles. The van der Waals surface area contributed by atoms with E-state index >= 15 is 0 Å². The Morgan fingerprint density at radius 1 is 1.41 bits per heavy atom. The minimum atomic E-state index is -1.05. The highest BCUT2D eigenvalue weighted by molar-refractivity contribution is 5.96. The van der Waals surface area contributed by atoms with E-state index in [0.29, 0.717) is 18.5 Å². The molecule has 6 nitrogen and oxygen atoms in total. The summed E-state index contributed by atoms with van der Waals surface area (Å²) < 4.78 is 0. The first-order valence-electron chi connectivity index (χ1n) is 7.27. The zero-order valence-corrected chi connectivity index (χ0v) is 12.8. The van der Waals surface area contributed by atoms with Gasteiger partial charge in [0.15, 0.2) is 0 Å². The van der Waals surface area contributed by atoms with Gasteiger partial charge in [-0.15, -0.1) is 0 Å². The van der Waals surface area contributed by atoms with Crippen molar-refractivity contribution in [2.45, 2.75) is 32.4 Å². The molecule has 6 heteroatoms. The van der Waals surface area contributed by atoms with Gasteiger partial charge in [-0.1, -0.05) is 12.1 Å². The molecule has 0 aliphatic carbocycles. The van der Waals surface area contributed by atoms with Crippen LogP contribution in [0.15, 0.2) is 24.3 Å². The van der Waals surface area contributed by atoms with Crippen molar-refractivity contribution in [1.29, 1.82) is 0 Å². The molecule has 2 rings (SSSR count). The Bertz CT molecular complexity index is 600. The van der Waals surface area contributed by atoms with Gasteiger partial charge in [0.1, 0.15) is 6.04 Å². The summed E-state index contributed by atoms with van der Waals surface area (Å²) in [5, 5.41) is 8.98. The second kappa shape index (κ2) is 6.60. The highest BCUT2D eigenvalue weighted by atomic mass is 16.4. The molecule has 1 aliphatic heterocycles. The van der Waals surface area contributed by atoms with Crippen molar-refractivity contribution in [3.05, 3.63) is 35.4 Å². The van der Waals surface area contributed by atoms with Crippen molar-refractivity contribution in [3.8, 4) is 0 Å². The number of benzene rings is 1. The molecule has 1 aromatic carbocycles. The molecule has 0 spiro atoms. The lowest BCUT2D eigenvalue weighted by atomic mass is 10.1. The number of aliphatic carboxylic acids is 1. The van der Waals surface area contributed by atoms with E-state index in [1.54, 1.807) is 23.1 Å². The van der Waals surface area contributed by atoms with Crippen molar-refractivity contribution in [2.75, 3.05) is 13.6 Å². The quantitative estimate of drug-likeness (QED) is 0.891. The molecule has 0 aromatic heterocycles. The molecule has 0 bridgehead atoms. The Kier molecular flexibility index (Phi) is 4.80. The summed E-state index contributed by atoms with van der Waals surface area (Å²) >= 11 is 0. The number of nitrogens with zero attached hydrogens (tertiary/aromatic N) is 2. The molecule has 1 aliphatic rings. The summed E-state index contributed by atoms with van der Waals surface area (Å²) in [4.78, 5) is 37.9. The molecule has 0 radical (unpaired) electrons. The maximum Gasteiger partial charge on any atom is 0.326 e. The van der Waals surface area contributed by atoms with E-state index in [-0.39, 0.29) is 11.8 Å². The van der Waals surface area contributed by atoms with E-state index in [2.05, 4.69) is 0 Å². The molecule has 2 amide bonds. The topological polar surface area (TPSA) is 77.9 Å². The van der Waals surface area contributed by atoms with Crippen LogP contribution in [0.4, 0.5) is 0 Å². The monoisotopic (exact) mass is 304 g/mol. The molecule has 1 heterocycles. The molecular weight excluding hydrogens is 284 g/mol. The van der Waals surface area contributed by atoms with Crippen LogP contribution in [-0.4, -0.2) is 52.3 Å². The number of rotatable bonds is 5. The van der Waals surface area contributed by atoms with Crippen LogP contribution in [0.1, 0.15) is 35.7 Å². The highest BCUT2D eigenvalue weighted by Gasteiger charge is 2.24. The third-order valence-corrected chi connectivity index (χ3v) is 3.98. The summed E-state index contributed by atoms with van der Waals surface area (Å²) in [5.74, 6) is -1.26. The first kappa shape index (κ1) is 16.0. The van der Waals surface area contributed by atoms with Gasteiger partial charge in [-0.05, 0) is 31.0 Å². The lowest BCUT2D eigenvalue weighted by Crippen LogP contribution is -2.40. The second-order valence-electron chi connectivity index (χ2n) is 5.55. The van der Waals surface area contributed by atoms with Crippen LogP contribution in [0.3, 0.4) is 0 Å². The third-order valence-electron chi connectivity index (χ3n) is 3.98. The maximum atomic E-state index is 12.3. The standard InChI is InChI=1S/C16H20N2O4/c1-11(16(21)22)17(2)15(20)13-6-3-5-12(9-13)10-18-8-4-7-14(18)19/h3,5-6,9,11H,4,7-8,10H2,1-2H3,(H,21,22)/t11-/m1/s1. The number of carboxylic acid groups (broad SMARTS) is 1. The first-order valence-corrected chi connectivity index (χ1v) is 7.27. The number of carbonyl (C=O) groups excluding carboxylic acids is 2. The SMILES string of the molecule is C[C@H](C(=O)O)N(C)C(=O)c1cccc(CN2CCCC2=O)c1. The normalized spacial score (nSPS) is 15.7. The predicted molar refractivity (Wildman–Crippen MR) is 80.3 cm³/mol. The Labute approximate surface area is 129 Å².